The molecule has 0 bridgehead atoms. The molecule has 2 atom stereocenters. The third-order valence-electron chi connectivity index (χ3n) is 4.18. The Morgan fingerprint density at radius 2 is 2.31 bits per heavy atom. The molecule has 1 aliphatic rings. The molecule has 0 saturated carbocycles. The second-order valence-electron chi connectivity index (χ2n) is 6.20. The fourth-order valence-electron chi connectivity index (χ4n) is 2.90. The van der Waals surface area contributed by atoms with Gasteiger partial charge in [-0.2, -0.15) is 9.37 Å². The normalized spacial score (nSPS) is 20.2. The van der Waals surface area contributed by atoms with Crippen LogP contribution in [0.2, 0.25) is 0 Å². The van der Waals surface area contributed by atoms with Gasteiger partial charge in [0.2, 0.25) is 17.7 Å². The predicted octanol–water partition coefficient (Wildman–Crippen LogP) is 2.69. The number of likely N-dealkylation sites (tertiary alicyclic amines) is 1. The van der Waals surface area contributed by atoms with Gasteiger partial charge in [-0.15, -0.1) is 0 Å². The molecule has 1 saturated heterocycles. The van der Waals surface area contributed by atoms with Gasteiger partial charge in [0.25, 0.3) is 0 Å². The summed E-state index contributed by atoms with van der Waals surface area (Å²) in [5.41, 5.74) is 0. The molecule has 1 aliphatic heterocycles. The summed E-state index contributed by atoms with van der Waals surface area (Å²) in [5.74, 6) is 0.420. The quantitative estimate of drug-likeness (QED) is 0.830. The van der Waals surface area contributed by atoms with E-state index in [1.807, 2.05) is 0 Å². The summed E-state index contributed by atoms with van der Waals surface area (Å²) >= 11 is 1.16. The maximum atomic E-state index is 14.0. The van der Waals surface area contributed by atoms with Gasteiger partial charge in [-0.1, -0.05) is 11.3 Å². The summed E-state index contributed by atoms with van der Waals surface area (Å²) in [6.45, 7) is 4.55. The van der Waals surface area contributed by atoms with Gasteiger partial charge in [0.1, 0.15) is 11.9 Å². The topological polar surface area (TPSA) is 76.6 Å². The number of rotatable bonds is 6. The Bertz CT molecular complexity index is 768. The van der Waals surface area contributed by atoms with Crippen molar-refractivity contribution in [1.82, 2.24) is 14.9 Å². The summed E-state index contributed by atoms with van der Waals surface area (Å²) < 4.78 is 25.0. The van der Waals surface area contributed by atoms with E-state index in [0.29, 0.717) is 29.6 Å². The fraction of sp³-hybridized carbons (Fsp3) is 0.471. The molecule has 0 radical (unpaired) electrons. The summed E-state index contributed by atoms with van der Waals surface area (Å²) in [7, 11) is 1.59. The van der Waals surface area contributed by atoms with E-state index in [1.165, 1.54) is 6.92 Å². The Labute approximate surface area is 155 Å². The van der Waals surface area contributed by atoms with Crippen LogP contribution >= 0.6 is 11.3 Å². The Kier molecular flexibility index (Phi) is 5.67. The van der Waals surface area contributed by atoms with Crippen LogP contribution in [0.3, 0.4) is 0 Å². The van der Waals surface area contributed by atoms with Gasteiger partial charge >= 0.3 is 0 Å². The van der Waals surface area contributed by atoms with Gasteiger partial charge < -0.3 is 14.8 Å². The Morgan fingerprint density at radius 3 is 2.96 bits per heavy atom. The number of nitrogens with one attached hydrogen (secondary N) is 1. The molecule has 1 N–H and O–H groups in total. The zero-order chi connectivity index (χ0) is 18.7. The molecule has 26 heavy (non-hydrogen) atoms. The van der Waals surface area contributed by atoms with Crippen molar-refractivity contribution in [2.45, 2.75) is 39.0 Å². The Morgan fingerprint density at radius 1 is 1.50 bits per heavy atom. The molecule has 0 unspecified atom stereocenters. The van der Waals surface area contributed by atoms with Crippen molar-refractivity contribution >= 4 is 22.4 Å². The van der Waals surface area contributed by atoms with Gasteiger partial charge in [-0.3, -0.25) is 9.69 Å². The minimum absolute atomic E-state index is 0.0170. The maximum Gasteiger partial charge on any atom is 0.230 e. The zero-order valence-corrected chi connectivity index (χ0v) is 15.7. The van der Waals surface area contributed by atoms with Gasteiger partial charge in [0.05, 0.1) is 18.2 Å². The lowest BCUT2D eigenvalue weighted by Crippen LogP contribution is -2.28. The molecule has 1 fully saturated rings. The summed E-state index contributed by atoms with van der Waals surface area (Å²) in [6, 6.07) is 3.81. The van der Waals surface area contributed by atoms with Crippen LogP contribution in [0.1, 0.15) is 25.1 Å². The van der Waals surface area contributed by atoms with E-state index in [1.54, 1.807) is 25.4 Å². The standard InChI is InChI=1S/C17H21FN4O3S/c1-10-6-13(25-15-5-4-12(24-3)7-19-15)8-22(10)9-14-16(18)21-17(26-14)20-11(2)23/h4-5,7,10,13H,6,8-9H2,1-3H3,(H,20,21,23)/t10-,13+/m0/s1. The SMILES string of the molecule is COc1ccc(O[C@@H]2C[C@H](C)N(Cc3sc(NC(C)=O)nc3F)C2)nc1. The lowest BCUT2D eigenvalue weighted by atomic mass is 10.2. The number of carbonyl (C=O) groups excluding carboxylic acids is 1. The van der Waals surface area contributed by atoms with E-state index < -0.39 is 5.95 Å². The van der Waals surface area contributed by atoms with E-state index >= 15 is 0 Å². The van der Waals surface area contributed by atoms with Crippen LogP contribution in [-0.4, -0.2) is 46.6 Å². The molecule has 9 heteroatoms. The van der Waals surface area contributed by atoms with Crippen LogP contribution in [-0.2, 0) is 11.3 Å². The molecule has 0 spiro atoms. The molecule has 2 aromatic heterocycles. The number of ether oxygens (including phenoxy) is 2. The Hall–Kier alpha value is -2.26. The highest BCUT2D eigenvalue weighted by molar-refractivity contribution is 7.15. The minimum atomic E-state index is -0.535. The number of amides is 1. The average Bonchev–Trinajstić information content (AvgIpc) is 3.10. The van der Waals surface area contributed by atoms with Crippen LogP contribution in [0.25, 0.3) is 0 Å². The number of anilines is 1. The summed E-state index contributed by atoms with van der Waals surface area (Å²) in [4.78, 5) is 21.7. The molecule has 140 valence electrons. The molecular weight excluding hydrogens is 359 g/mol. The molecule has 7 nitrogen and oxygen atoms in total. The molecule has 1 amide bonds. The first kappa shape index (κ1) is 18.5. The molecule has 0 aliphatic carbocycles. The highest BCUT2D eigenvalue weighted by atomic mass is 32.1. The number of halogens is 1. The van der Waals surface area contributed by atoms with Crippen LogP contribution in [0.15, 0.2) is 18.3 Å². The highest BCUT2D eigenvalue weighted by Crippen LogP contribution is 2.28. The summed E-state index contributed by atoms with van der Waals surface area (Å²) in [6.07, 6.45) is 2.42. The molecule has 3 heterocycles. The van der Waals surface area contributed by atoms with Crippen LogP contribution in [0.4, 0.5) is 9.52 Å². The number of hydrogen-bond acceptors (Lipinski definition) is 7. The van der Waals surface area contributed by atoms with Crippen molar-refractivity contribution in [3.63, 3.8) is 0 Å². The third-order valence-corrected chi connectivity index (χ3v) is 5.11. The number of pyridine rings is 1. The van der Waals surface area contributed by atoms with Crippen molar-refractivity contribution in [1.29, 1.82) is 0 Å². The van der Waals surface area contributed by atoms with Crippen LogP contribution < -0.4 is 14.8 Å². The number of hydrogen-bond donors (Lipinski definition) is 1. The second kappa shape index (κ2) is 7.96. The summed E-state index contributed by atoms with van der Waals surface area (Å²) in [5, 5.41) is 2.80. The highest BCUT2D eigenvalue weighted by Gasteiger charge is 2.32. The number of nitrogens with zero attached hydrogens (tertiary/aromatic N) is 3. The second-order valence-corrected chi connectivity index (χ2v) is 7.29. The van der Waals surface area contributed by atoms with E-state index in [9.17, 15) is 9.18 Å². The monoisotopic (exact) mass is 380 g/mol. The van der Waals surface area contributed by atoms with Crippen molar-refractivity contribution in [2.75, 3.05) is 19.0 Å². The first-order valence-corrected chi connectivity index (χ1v) is 9.09. The average molecular weight is 380 g/mol. The first-order valence-electron chi connectivity index (χ1n) is 8.28. The predicted molar refractivity (Wildman–Crippen MR) is 96.1 cm³/mol. The minimum Gasteiger partial charge on any atom is -0.495 e. The van der Waals surface area contributed by atoms with Crippen LogP contribution in [0, 0.1) is 5.95 Å². The zero-order valence-electron chi connectivity index (χ0n) is 14.9. The lowest BCUT2D eigenvalue weighted by Gasteiger charge is -2.19. The first-order chi connectivity index (χ1) is 12.4. The van der Waals surface area contributed by atoms with Crippen molar-refractivity contribution in [3.05, 3.63) is 29.2 Å². The van der Waals surface area contributed by atoms with Gasteiger partial charge in [-0.25, -0.2) is 4.98 Å². The number of methoxy groups -OCH3 is 1. The molecule has 2 aromatic rings. The van der Waals surface area contributed by atoms with Crippen LogP contribution in [0.5, 0.6) is 11.6 Å². The fourth-order valence-corrected chi connectivity index (χ4v) is 3.81. The van der Waals surface area contributed by atoms with Gasteiger partial charge in [0, 0.05) is 38.5 Å². The van der Waals surface area contributed by atoms with Crippen molar-refractivity contribution < 1.29 is 18.7 Å². The van der Waals surface area contributed by atoms with Gasteiger partial charge in [0.15, 0.2) is 5.13 Å². The van der Waals surface area contributed by atoms with E-state index in [0.717, 1.165) is 17.8 Å². The number of carbonyl (C=O) groups is 1. The number of thiazole rings is 1. The smallest absolute Gasteiger partial charge is 0.230 e. The van der Waals surface area contributed by atoms with Crippen molar-refractivity contribution in [2.24, 2.45) is 0 Å². The van der Waals surface area contributed by atoms with Gasteiger partial charge in [-0.05, 0) is 13.0 Å². The lowest BCUT2D eigenvalue weighted by molar-refractivity contribution is -0.114. The largest absolute Gasteiger partial charge is 0.495 e. The maximum absolute atomic E-state index is 14.0. The van der Waals surface area contributed by atoms with E-state index in [2.05, 4.69) is 27.1 Å². The number of aromatic nitrogens is 2. The van der Waals surface area contributed by atoms with Crippen molar-refractivity contribution in [3.8, 4) is 11.6 Å². The molecular formula is C17H21FN4O3S. The van der Waals surface area contributed by atoms with E-state index in [4.69, 9.17) is 9.47 Å². The molecule has 3 rings (SSSR count). The molecule has 0 aromatic carbocycles. The third kappa shape index (κ3) is 4.47. The Balaban J connectivity index is 1.60. The van der Waals surface area contributed by atoms with E-state index in [-0.39, 0.29) is 23.2 Å².